The summed E-state index contributed by atoms with van der Waals surface area (Å²) < 4.78 is 10.7. The second-order valence-electron chi connectivity index (χ2n) is 5.19. The van der Waals surface area contributed by atoms with Crippen LogP contribution in [0.25, 0.3) is 22.5 Å². The largest absolute Gasteiger partial charge is 0.451 e. The summed E-state index contributed by atoms with van der Waals surface area (Å²) in [6.45, 7) is -0.132. The Kier molecular flexibility index (Phi) is 3.88. The van der Waals surface area contributed by atoms with Gasteiger partial charge in [-0.05, 0) is 24.3 Å². The zero-order valence-corrected chi connectivity index (χ0v) is 13.0. The number of ether oxygens (including phenoxy) is 1. The van der Waals surface area contributed by atoms with Crippen LogP contribution in [0.4, 0.5) is 0 Å². The van der Waals surface area contributed by atoms with Gasteiger partial charge >= 0.3 is 5.97 Å². The Morgan fingerprint density at radius 2 is 1.72 bits per heavy atom. The fourth-order valence-corrected chi connectivity index (χ4v) is 2.27. The Labute approximate surface area is 142 Å². The van der Waals surface area contributed by atoms with Gasteiger partial charge in [0.25, 0.3) is 5.89 Å². The van der Waals surface area contributed by atoms with Gasteiger partial charge < -0.3 is 9.15 Å². The van der Waals surface area contributed by atoms with E-state index in [0.717, 1.165) is 5.56 Å². The number of esters is 1. The van der Waals surface area contributed by atoms with Crippen LogP contribution < -0.4 is 0 Å². The maximum absolute atomic E-state index is 12.1. The summed E-state index contributed by atoms with van der Waals surface area (Å²) in [5, 5.41) is 7.82. The minimum atomic E-state index is -0.599. The van der Waals surface area contributed by atoms with Crippen molar-refractivity contribution in [3.05, 3.63) is 72.4 Å². The van der Waals surface area contributed by atoms with Crippen LogP contribution in [0.2, 0.25) is 0 Å². The van der Waals surface area contributed by atoms with Crippen LogP contribution in [0.15, 0.2) is 65.2 Å². The molecule has 0 amide bonds. The van der Waals surface area contributed by atoms with Crippen LogP contribution in [0, 0.1) is 0 Å². The smallest absolute Gasteiger partial charge is 0.359 e. The van der Waals surface area contributed by atoms with Crippen LogP contribution in [-0.4, -0.2) is 26.1 Å². The Morgan fingerprint density at radius 1 is 0.960 bits per heavy atom. The predicted molar refractivity (Wildman–Crippen MR) is 88.4 cm³/mol. The first kappa shape index (κ1) is 14.9. The van der Waals surface area contributed by atoms with Crippen molar-refractivity contribution >= 4 is 17.0 Å². The summed E-state index contributed by atoms with van der Waals surface area (Å²) in [7, 11) is 0. The number of carbonyl (C=O) groups is 1. The number of hydrogen-bond acceptors (Lipinski definition) is 7. The number of fused-ring (bicyclic) bond motifs is 1. The van der Waals surface area contributed by atoms with Gasteiger partial charge in [0.05, 0.1) is 17.2 Å². The third-order valence-electron chi connectivity index (χ3n) is 3.47. The standard InChI is InChI=1S/C18H12N4O3/c23-18(15-10-19-13-8-4-5-9-14(13)20-15)24-11-16-21-22-17(25-16)12-6-2-1-3-7-12/h1-10H,11H2. The molecule has 0 aliphatic heterocycles. The highest BCUT2D eigenvalue weighted by Gasteiger charge is 2.14. The molecule has 2 heterocycles. The zero-order valence-electron chi connectivity index (χ0n) is 13.0. The summed E-state index contributed by atoms with van der Waals surface area (Å²) in [6.07, 6.45) is 1.38. The predicted octanol–water partition coefficient (Wildman–Crippen LogP) is 3.04. The SMILES string of the molecule is O=C(OCc1nnc(-c2ccccc2)o1)c1cnc2ccccc2n1. The highest BCUT2D eigenvalue weighted by Crippen LogP contribution is 2.17. The molecule has 0 radical (unpaired) electrons. The average Bonchev–Trinajstić information content (AvgIpc) is 3.15. The van der Waals surface area contributed by atoms with Gasteiger partial charge in [-0.25, -0.2) is 9.78 Å². The maximum Gasteiger partial charge on any atom is 0.359 e. The van der Waals surface area contributed by atoms with E-state index in [1.165, 1.54) is 6.20 Å². The lowest BCUT2D eigenvalue weighted by molar-refractivity contribution is 0.0431. The lowest BCUT2D eigenvalue weighted by atomic mass is 10.2. The van der Waals surface area contributed by atoms with Gasteiger partial charge in [0.2, 0.25) is 5.89 Å². The van der Waals surface area contributed by atoms with Crippen molar-refractivity contribution in [2.24, 2.45) is 0 Å². The van der Waals surface area contributed by atoms with Crippen molar-refractivity contribution in [3.63, 3.8) is 0 Å². The number of nitrogens with zero attached hydrogens (tertiary/aromatic N) is 4. The molecule has 7 heteroatoms. The molecule has 25 heavy (non-hydrogen) atoms. The zero-order chi connectivity index (χ0) is 17.1. The molecule has 2 aromatic carbocycles. The van der Waals surface area contributed by atoms with Crippen LogP contribution in [0.3, 0.4) is 0 Å². The van der Waals surface area contributed by atoms with Gasteiger partial charge in [0.1, 0.15) is 0 Å². The number of benzene rings is 2. The molecule has 0 aliphatic carbocycles. The number of aromatic nitrogens is 4. The molecule has 0 N–H and O–H groups in total. The Bertz CT molecular complexity index is 1030. The molecule has 0 spiro atoms. The number of hydrogen-bond donors (Lipinski definition) is 0. The van der Waals surface area contributed by atoms with Crippen LogP contribution in [0.5, 0.6) is 0 Å². The van der Waals surface area contributed by atoms with Gasteiger partial charge in [-0.1, -0.05) is 30.3 Å². The summed E-state index contributed by atoms with van der Waals surface area (Å²) in [4.78, 5) is 20.5. The Balaban J connectivity index is 1.45. The third-order valence-corrected chi connectivity index (χ3v) is 3.47. The molecular weight excluding hydrogens is 320 g/mol. The van der Waals surface area contributed by atoms with Crippen molar-refractivity contribution in [2.75, 3.05) is 0 Å². The van der Waals surface area contributed by atoms with Crippen molar-refractivity contribution in [1.82, 2.24) is 20.2 Å². The van der Waals surface area contributed by atoms with Gasteiger partial charge in [0.15, 0.2) is 12.3 Å². The monoisotopic (exact) mass is 332 g/mol. The van der Waals surface area contributed by atoms with Crippen molar-refractivity contribution in [3.8, 4) is 11.5 Å². The molecule has 0 fully saturated rings. The van der Waals surface area contributed by atoms with E-state index in [4.69, 9.17) is 9.15 Å². The van der Waals surface area contributed by atoms with E-state index in [1.54, 1.807) is 6.07 Å². The molecule has 0 saturated heterocycles. The molecule has 0 bridgehead atoms. The minimum Gasteiger partial charge on any atom is -0.451 e. The number of rotatable bonds is 4. The van der Waals surface area contributed by atoms with E-state index >= 15 is 0 Å². The Hall–Kier alpha value is -3.61. The molecule has 2 aromatic heterocycles. The van der Waals surface area contributed by atoms with Gasteiger partial charge in [0, 0.05) is 5.56 Å². The molecule has 4 rings (SSSR count). The van der Waals surface area contributed by atoms with Crippen molar-refractivity contribution in [2.45, 2.75) is 6.61 Å². The van der Waals surface area contributed by atoms with Gasteiger partial charge in [-0.3, -0.25) is 4.98 Å². The fraction of sp³-hybridized carbons (Fsp3) is 0.0556. The first-order valence-electron chi connectivity index (χ1n) is 7.56. The normalized spacial score (nSPS) is 10.7. The second-order valence-corrected chi connectivity index (χ2v) is 5.19. The molecular formula is C18H12N4O3. The molecule has 122 valence electrons. The van der Waals surface area contributed by atoms with E-state index in [2.05, 4.69) is 20.2 Å². The van der Waals surface area contributed by atoms with E-state index < -0.39 is 5.97 Å². The topological polar surface area (TPSA) is 91.0 Å². The van der Waals surface area contributed by atoms with E-state index in [1.807, 2.05) is 48.5 Å². The molecule has 7 nitrogen and oxygen atoms in total. The molecule has 4 aromatic rings. The fourth-order valence-electron chi connectivity index (χ4n) is 2.27. The van der Waals surface area contributed by atoms with Gasteiger partial charge in [-0.15, -0.1) is 10.2 Å². The Morgan fingerprint density at radius 3 is 2.56 bits per heavy atom. The number of carbonyl (C=O) groups excluding carboxylic acids is 1. The summed E-state index contributed by atoms with van der Waals surface area (Å²) in [6, 6.07) is 16.6. The first-order valence-corrected chi connectivity index (χ1v) is 7.56. The molecule has 0 aliphatic rings. The highest BCUT2D eigenvalue weighted by molar-refractivity contribution is 5.89. The average molecular weight is 332 g/mol. The van der Waals surface area contributed by atoms with Crippen molar-refractivity contribution in [1.29, 1.82) is 0 Å². The van der Waals surface area contributed by atoms with E-state index in [-0.39, 0.29) is 18.2 Å². The molecule has 0 saturated carbocycles. The third kappa shape index (κ3) is 3.20. The van der Waals surface area contributed by atoms with Crippen LogP contribution in [-0.2, 0) is 11.3 Å². The lowest BCUT2D eigenvalue weighted by Crippen LogP contribution is -2.08. The lowest BCUT2D eigenvalue weighted by Gasteiger charge is -2.02. The summed E-state index contributed by atoms with van der Waals surface area (Å²) >= 11 is 0. The van der Waals surface area contributed by atoms with Crippen molar-refractivity contribution < 1.29 is 13.9 Å². The summed E-state index contributed by atoms with van der Waals surface area (Å²) in [5.74, 6) is -0.0178. The van der Waals surface area contributed by atoms with E-state index in [0.29, 0.717) is 16.9 Å². The first-order chi connectivity index (χ1) is 12.3. The summed E-state index contributed by atoms with van der Waals surface area (Å²) in [5.41, 5.74) is 2.26. The molecule has 0 atom stereocenters. The van der Waals surface area contributed by atoms with Crippen LogP contribution >= 0.6 is 0 Å². The van der Waals surface area contributed by atoms with Gasteiger partial charge in [-0.2, -0.15) is 0 Å². The minimum absolute atomic E-state index is 0.126. The molecule has 0 unspecified atom stereocenters. The maximum atomic E-state index is 12.1. The quantitative estimate of drug-likeness (QED) is 0.530. The van der Waals surface area contributed by atoms with E-state index in [9.17, 15) is 4.79 Å². The van der Waals surface area contributed by atoms with Crippen LogP contribution in [0.1, 0.15) is 16.4 Å². The second kappa shape index (κ2) is 6.48. The number of para-hydroxylation sites is 2. The highest BCUT2D eigenvalue weighted by atomic mass is 16.5.